The predicted octanol–water partition coefficient (Wildman–Crippen LogP) is 7.42. The van der Waals surface area contributed by atoms with E-state index in [0.717, 1.165) is 17.6 Å². The van der Waals surface area contributed by atoms with Crippen LogP contribution in [0.1, 0.15) is 123 Å². The van der Waals surface area contributed by atoms with Gasteiger partial charge >= 0.3 is 0 Å². The Kier molecular flexibility index (Phi) is 17.2. The Hall–Kier alpha value is -0.800. The molecule has 0 amide bonds. The van der Waals surface area contributed by atoms with E-state index in [1.54, 1.807) is 0 Å². The van der Waals surface area contributed by atoms with Gasteiger partial charge in [-0.25, -0.2) is 0 Å². The average molecular weight is 422 g/mol. The van der Waals surface area contributed by atoms with Crippen molar-refractivity contribution in [3.63, 3.8) is 0 Å². The third-order valence-electron chi connectivity index (χ3n) is 6.88. The van der Waals surface area contributed by atoms with Gasteiger partial charge in [-0.05, 0) is 39.0 Å². The number of quaternary nitrogens is 1. The standard InChI is InChI=1S/C27H53N2O/c1-3-5-6-7-8-9-10-11-12-13-14-15-16-17-18-19-20-21-22-27-28-23-24-29(27,4-2)25-26-30/h16-17,23-24,27-28,30H,3-15,18-22,25-26H2,1-2H3/q+1/b17-16+. The molecule has 30 heavy (non-hydrogen) atoms. The van der Waals surface area contributed by atoms with Crippen molar-refractivity contribution in [2.24, 2.45) is 0 Å². The van der Waals surface area contributed by atoms with Crippen LogP contribution < -0.4 is 5.32 Å². The third kappa shape index (κ3) is 12.2. The van der Waals surface area contributed by atoms with Crippen molar-refractivity contribution in [2.75, 3.05) is 19.7 Å². The number of nitrogens with zero attached hydrogens (tertiary/aromatic N) is 1. The van der Waals surface area contributed by atoms with E-state index in [1.807, 2.05) is 0 Å². The molecule has 2 unspecified atom stereocenters. The molecule has 2 N–H and O–H groups in total. The molecule has 1 aliphatic rings. The number of hydrogen-bond donors (Lipinski definition) is 2. The first-order valence-electron chi connectivity index (χ1n) is 13.3. The number of allylic oxidation sites excluding steroid dienone is 2. The van der Waals surface area contributed by atoms with Gasteiger partial charge in [-0.1, -0.05) is 89.7 Å². The van der Waals surface area contributed by atoms with E-state index in [-0.39, 0.29) is 6.61 Å². The smallest absolute Gasteiger partial charge is 0.166 e. The number of aliphatic hydroxyl groups excluding tert-OH is 1. The van der Waals surface area contributed by atoms with Gasteiger partial charge in [0.2, 0.25) is 0 Å². The molecule has 0 fully saturated rings. The van der Waals surface area contributed by atoms with Gasteiger partial charge in [0.15, 0.2) is 6.17 Å². The normalized spacial score (nSPS) is 21.0. The second-order valence-corrected chi connectivity index (χ2v) is 9.30. The third-order valence-corrected chi connectivity index (χ3v) is 6.88. The molecule has 0 aromatic carbocycles. The van der Waals surface area contributed by atoms with Crippen molar-refractivity contribution in [2.45, 2.75) is 129 Å². The van der Waals surface area contributed by atoms with Crippen LogP contribution in [-0.2, 0) is 0 Å². The van der Waals surface area contributed by atoms with Crippen LogP contribution in [0.3, 0.4) is 0 Å². The highest BCUT2D eigenvalue weighted by molar-refractivity contribution is 4.84. The summed E-state index contributed by atoms with van der Waals surface area (Å²) in [6.07, 6.45) is 32.9. The first kappa shape index (κ1) is 27.2. The molecule has 0 aromatic heterocycles. The van der Waals surface area contributed by atoms with Gasteiger partial charge in [0, 0.05) is 6.42 Å². The lowest BCUT2D eigenvalue weighted by Gasteiger charge is -2.36. The van der Waals surface area contributed by atoms with E-state index in [2.05, 4.69) is 43.7 Å². The Morgan fingerprint density at radius 2 is 1.30 bits per heavy atom. The van der Waals surface area contributed by atoms with Crippen molar-refractivity contribution >= 4 is 0 Å². The van der Waals surface area contributed by atoms with Crippen molar-refractivity contribution in [3.8, 4) is 0 Å². The van der Waals surface area contributed by atoms with E-state index in [4.69, 9.17) is 0 Å². The molecular formula is C27H53N2O+. The van der Waals surface area contributed by atoms with Crippen molar-refractivity contribution in [1.82, 2.24) is 5.32 Å². The molecule has 2 atom stereocenters. The molecule has 0 radical (unpaired) electrons. The summed E-state index contributed by atoms with van der Waals surface area (Å²) in [7, 11) is 0. The topological polar surface area (TPSA) is 32.3 Å². The number of aliphatic hydroxyl groups is 1. The van der Waals surface area contributed by atoms with Gasteiger partial charge in [-0.15, -0.1) is 0 Å². The monoisotopic (exact) mass is 421 g/mol. The number of unbranched alkanes of at least 4 members (excludes halogenated alkanes) is 14. The Bertz CT molecular complexity index is 435. The molecule has 0 saturated carbocycles. The Labute approximate surface area is 188 Å². The summed E-state index contributed by atoms with van der Waals surface area (Å²) in [6.45, 7) is 6.66. The van der Waals surface area contributed by atoms with Crippen molar-refractivity contribution in [3.05, 3.63) is 24.6 Å². The molecule has 1 heterocycles. The zero-order valence-electron chi connectivity index (χ0n) is 20.4. The summed E-state index contributed by atoms with van der Waals surface area (Å²) in [5.41, 5.74) is 0. The van der Waals surface area contributed by atoms with Crippen LogP contribution in [-0.4, -0.2) is 35.5 Å². The number of rotatable bonds is 21. The maximum absolute atomic E-state index is 9.38. The van der Waals surface area contributed by atoms with Gasteiger partial charge in [0.25, 0.3) is 0 Å². The molecule has 0 saturated heterocycles. The fourth-order valence-electron chi connectivity index (χ4n) is 4.73. The summed E-state index contributed by atoms with van der Waals surface area (Å²) in [5, 5.41) is 12.9. The van der Waals surface area contributed by atoms with E-state index in [0.29, 0.717) is 6.17 Å². The maximum Gasteiger partial charge on any atom is 0.166 e. The SMILES string of the molecule is CCCCCCCCCCCCC/C=C/CCCCCC1NC=C[N+]1(CC)CCO. The first-order chi connectivity index (χ1) is 14.8. The lowest BCUT2D eigenvalue weighted by atomic mass is 10.0. The van der Waals surface area contributed by atoms with Crippen LogP contribution in [0, 0.1) is 0 Å². The highest BCUT2D eigenvalue weighted by Crippen LogP contribution is 2.22. The van der Waals surface area contributed by atoms with Crippen LogP contribution in [0.5, 0.6) is 0 Å². The molecule has 0 aromatic rings. The van der Waals surface area contributed by atoms with Crippen LogP contribution >= 0.6 is 0 Å². The van der Waals surface area contributed by atoms with E-state index in [1.165, 1.54) is 109 Å². The zero-order valence-corrected chi connectivity index (χ0v) is 20.4. The lowest BCUT2D eigenvalue weighted by Crippen LogP contribution is -2.54. The molecule has 3 heteroatoms. The summed E-state index contributed by atoms with van der Waals surface area (Å²) in [6, 6.07) is 0. The minimum atomic E-state index is 0.264. The Morgan fingerprint density at radius 1 is 0.767 bits per heavy atom. The molecule has 0 aliphatic carbocycles. The minimum Gasteiger partial charge on any atom is -0.390 e. The lowest BCUT2D eigenvalue weighted by molar-refractivity contribution is -0.900. The Morgan fingerprint density at radius 3 is 1.83 bits per heavy atom. The predicted molar refractivity (Wildman–Crippen MR) is 132 cm³/mol. The molecule has 176 valence electrons. The quantitative estimate of drug-likeness (QED) is 0.115. The Balaban J connectivity index is 1.87. The number of nitrogens with one attached hydrogen (secondary N) is 1. The van der Waals surface area contributed by atoms with Crippen LogP contribution in [0.4, 0.5) is 0 Å². The van der Waals surface area contributed by atoms with Crippen LogP contribution in [0.2, 0.25) is 0 Å². The van der Waals surface area contributed by atoms with Crippen LogP contribution in [0.15, 0.2) is 24.6 Å². The van der Waals surface area contributed by atoms with Gasteiger partial charge in [0.1, 0.15) is 12.7 Å². The largest absolute Gasteiger partial charge is 0.390 e. The zero-order chi connectivity index (χ0) is 21.8. The minimum absolute atomic E-state index is 0.264. The van der Waals surface area contributed by atoms with Gasteiger partial charge in [0.05, 0.1) is 19.4 Å². The maximum atomic E-state index is 9.38. The second kappa shape index (κ2) is 18.9. The van der Waals surface area contributed by atoms with Gasteiger partial charge in [-0.2, -0.15) is 0 Å². The molecular weight excluding hydrogens is 368 g/mol. The average Bonchev–Trinajstić information content (AvgIpc) is 3.16. The van der Waals surface area contributed by atoms with Gasteiger partial charge in [-0.3, -0.25) is 4.48 Å². The molecule has 0 bridgehead atoms. The number of likely N-dealkylation sites (N-methyl/N-ethyl adjacent to an activating group) is 1. The molecule has 3 nitrogen and oxygen atoms in total. The molecule has 0 spiro atoms. The first-order valence-corrected chi connectivity index (χ1v) is 13.3. The molecule has 1 rings (SSSR count). The highest BCUT2D eigenvalue weighted by atomic mass is 16.3. The summed E-state index contributed by atoms with van der Waals surface area (Å²) < 4.78 is 0.898. The van der Waals surface area contributed by atoms with Crippen LogP contribution in [0.25, 0.3) is 0 Å². The van der Waals surface area contributed by atoms with Gasteiger partial charge < -0.3 is 10.4 Å². The second-order valence-electron chi connectivity index (χ2n) is 9.30. The van der Waals surface area contributed by atoms with E-state index >= 15 is 0 Å². The van der Waals surface area contributed by atoms with E-state index in [9.17, 15) is 5.11 Å². The number of hydrogen-bond acceptors (Lipinski definition) is 2. The van der Waals surface area contributed by atoms with Crippen molar-refractivity contribution in [1.29, 1.82) is 0 Å². The summed E-state index contributed by atoms with van der Waals surface area (Å²) in [5.74, 6) is 0. The fraction of sp³-hybridized carbons (Fsp3) is 0.852. The summed E-state index contributed by atoms with van der Waals surface area (Å²) in [4.78, 5) is 0. The van der Waals surface area contributed by atoms with Crippen molar-refractivity contribution < 1.29 is 9.59 Å². The van der Waals surface area contributed by atoms with E-state index < -0.39 is 0 Å². The summed E-state index contributed by atoms with van der Waals surface area (Å²) >= 11 is 0. The highest BCUT2D eigenvalue weighted by Gasteiger charge is 2.35. The molecule has 1 aliphatic heterocycles. The fourth-order valence-corrected chi connectivity index (χ4v) is 4.73.